The molecule has 0 aliphatic heterocycles. The number of fused-ring (bicyclic) bond motifs is 1. The molecule has 4 nitrogen and oxygen atoms in total. The van der Waals surface area contributed by atoms with Gasteiger partial charge in [-0.05, 0) is 25.5 Å². The van der Waals surface area contributed by atoms with Crippen molar-refractivity contribution in [3.05, 3.63) is 36.4 Å². The van der Waals surface area contributed by atoms with Crippen LogP contribution in [0.4, 0.5) is 5.69 Å². The Bertz CT molecular complexity index is 635. The molecule has 106 valence electrons. The van der Waals surface area contributed by atoms with Crippen molar-refractivity contribution in [1.29, 1.82) is 0 Å². The van der Waals surface area contributed by atoms with Gasteiger partial charge in [-0.15, -0.1) is 0 Å². The largest absolute Gasteiger partial charge is 0.507 e. The first-order chi connectivity index (χ1) is 9.45. The smallest absolute Gasteiger partial charge is 0.244 e. The number of phenols is 1. The second-order valence-corrected chi connectivity index (χ2v) is 5.30. The molecule has 0 aliphatic carbocycles. The first-order valence-corrected chi connectivity index (χ1v) is 6.77. The van der Waals surface area contributed by atoms with E-state index in [1.807, 2.05) is 25.1 Å². The number of aromatic hydroxyl groups is 1. The molecule has 2 aromatic carbocycles. The van der Waals surface area contributed by atoms with Gasteiger partial charge in [0, 0.05) is 16.5 Å². The van der Waals surface area contributed by atoms with Gasteiger partial charge in [0.1, 0.15) is 5.75 Å². The number of amides is 1. The van der Waals surface area contributed by atoms with E-state index in [9.17, 15) is 9.90 Å². The minimum Gasteiger partial charge on any atom is -0.507 e. The average molecular weight is 272 g/mol. The highest BCUT2D eigenvalue weighted by molar-refractivity contribution is 6.06. The van der Waals surface area contributed by atoms with E-state index in [0.717, 1.165) is 11.8 Å². The van der Waals surface area contributed by atoms with Crippen molar-refractivity contribution >= 4 is 22.4 Å². The summed E-state index contributed by atoms with van der Waals surface area (Å²) in [5.74, 6) is -0.0159. The fourth-order valence-corrected chi connectivity index (χ4v) is 2.30. The quantitative estimate of drug-likeness (QED) is 0.801. The van der Waals surface area contributed by atoms with E-state index >= 15 is 0 Å². The van der Waals surface area contributed by atoms with Gasteiger partial charge in [-0.2, -0.15) is 0 Å². The summed E-state index contributed by atoms with van der Waals surface area (Å²) < 4.78 is 0. The van der Waals surface area contributed by atoms with Crippen LogP contribution in [-0.2, 0) is 4.79 Å². The highest BCUT2D eigenvalue weighted by Gasteiger charge is 2.27. The van der Waals surface area contributed by atoms with Gasteiger partial charge in [-0.3, -0.25) is 4.79 Å². The van der Waals surface area contributed by atoms with Crippen LogP contribution < -0.4 is 11.1 Å². The van der Waals surface area contributed by atoms with Crippen LogP contribution in [0.3, 0.4) is 0 Å². The number of nitrogens with one attached hydrogen (secondary N) is 1. The molecular weight excluding hydrogens is 252 g/mol. The molecule has 20 heavy (non-hydrogen) atoms. The number of hydrogen-bond donors (Lipinski definition) is 3. The standard InChI is InChI=1S/C16H20N2O2/c1-3-10-16(2,17)15(20)18-13-8-4-7-12-11(13)6-5-9-14(12)19/h4-9,19H,3,10,17H2,1-2H3,(H,18,20). The molecule has 1 unspecified atom stereocenters. The summed E-state index contributed by atoms with van der Waals surface area (Å²) >= 11 is 0. The summed E-state index contributed by atoms with van der Waals surface area (Å²) in [5.41, 5.74) is 5.80. The van der Waals surface area contributed by atoms with Crippen LogP contribution in [0.25, 0.3) is 10.8 Å². The summed E-state index contributed by atoms with van der Waals surface area (Å²) in [7, 11) is 0. The zero-order chi connectivity index (χ0) is 14.8. The Morgan fingerprint density at radius 2 is 1.90 bits per heavy atom. The molecule has 0 spiro atoms. The number of carbonyl (C=O) groups excluding carboxylic acids is 1. The van der Waals surface area contributed by atoms with Crippen molar-refractivity contribution < 1.29 is 9.90 Å². The summed E-state index contributed by atoms with van der Waals surface area (Å²) in [4.78, 5) is 12.3. The van der Waals surface area contributed by atoms with Crippen LogP contribution >= 0.6 is 0 Å². The molecule has 0 radical (unpaired) electrons. The number of hydrogen-bond acceptors (Lipinski definition) is 3. The van der Waals surface area contributed by atoms with E-state index < -0.39 is 5.54 Å². The molecule has 2 rings (SSSR count). The monoisotopic (exact) mass is 272 g/mol. The zero-order valence-electron chi connectivity index (χ0n) is 11.8. The molecule has 2 aromatic rings. The predicted molar refractivity (Wildman–Crippen MR) is 81.7 cm³/mol. The van der Waals surface area contributed by atoms with Crippen molar-refractivity contribution in [2.75, 3.05) is 5.32 Å². The van der Waals surface area contributed by atoms with Crippen molar-refractivity contribution in [2.24, 2.45) is 5.73 Å². The third-order valence-electron chi connectivity index (χ3n) is 3.44. The van der Waals surface area contributed by atoms with Crippen molar-refractivity contribution in [1.82, 2.24) is 0 Å². The average Bonchev–Trinajstić information content (AvgIpc) is 2.40. The summed E-state index contributed by atoms with van der Waals surface area (Å²) in [6, 6.07) is 10.7. The third kappa shape index (κ3) is 2.75. The lowest BCUT2D eigenvalue weighted by Crippen LogP contribution is -2.48. The maximum absolute atomic E-state index is 12.3. The van der Waals surface area contributed by atoms with Gasteiger partial charge in [-0.1, -0.05) is 37.6 Å². The molecular formula is C16H20N2O2. The lowest BCUT2D eigenvalue weighted by molar-refractivity contribution is -0.120. The number of anilines is 1. The maximum atomic E-state index is 12.3. The maximum Gasteiger partial charge on any atom is 0.244 e. The summed E-state index contributed by atoms with van der Waals surface area (Å²) in [5, 5.41) is 14.2. The normalized spacial score (nSPS) is 13.9. The molecule has 0 saturated carbocycles. The fourth-order valence-electron chi connectivity index (χ4n) is 2.30. The molecule has 0 saturated heterocycles. The van der Waals surface area contributed by atoms with Crippen LogP contribution in [-0.4, -0.2) is 16.6 Å². The number of phenolic OH excluding ortho intramolecular Hbond substituents is 1. The minimum atomic E-state index is -0.895. The Morgan fingerprint density at radius 3 is 2.60 bits per heavy atom. The van der Waals surface area contributed by atoms with Crippen LogP contribution in [0.1, 0.15) is 26.7 Å². The van der Waals surface area contributed by atoms with E-state index in [1.165, 1.54) is 0 Å². The molecule has 0 fully saturated rings. The number of benzene rings is 2. The SMILES string of the molecule is CCCC(C)(N)C(=O)Nc1cccc2c(O)cccc12. The second-order valence-electron chi connectivity index (χ2n) is 5.30. The third-order valence-corrected chi connectivity index (χ3v) is 3.44. The van der Waals surface area contributed by atoms with E-state index in [0.29, 0.717) is 17.5 Å². The van der Waals surface area contributed by atoms with E-state index in [4.69, 9.17) is 5.73 Å². The van der Waals surface area contributed by atoms with Gasteiger partial charge >= 0.3 is 0 Å². The minimum absolute atomic E-state index is 0.197. The number of rotatable bonds is 4. The van der Waals surface area contributed by atoms with Crippen LogP contribution in [0.15, 0.2) is 36.4 Å². The van der Waals surface area contributed by atoms with Crippen molar-refractivity contribution in [3.63, 3.8) is 0 Å². The van der Waals surface area contributed by atoms with Crippen LogP contribution in [0, 0.1) is 0 Å². The first kappa shape index (κ1) is 14.3. The highest BCUT2D eigenvalue weighted by atomic mass is 16.3. The van der Waals surface area contributed by atoms with Gasteiger partial charge in [0.2, 0.25) is 5.91 Å². The lowest BCUT2D eigenvalue weighted by atomic mass is 9.96. The van der Waals surface area contributed by atoms with E-state index in [-0.39, 0.29) is 11.7 Å². The Morgan fingerprint density at radius 1 is 1.25 bits per heavy atom. The molecule has 4 heteroatoms. The number of nitrogens with two attached hydrogens (primary N) is 1. The molecule has 4 N–H and O–H groups in total. The Hall–Kier alpha value is -2.07. The van der Waals surface area contributed by atoms with E-state index in [1.54, 1.807) is 25.1 Å². The second kappa shape index (κ2) is 5.51. The van der Waals surface area contributed by atoms with Crippen LogP contribution in [0.2, 0.25) is 0 Å². The molecule has 1 atom stereocenters. The summed E-state index contributed by atoms with van der Waals surface area (Å²) in [6.07, 6.45) is 1.46. The zero-order valence-corrected chi connectivity index (χ0v) is 11.8. The molecule has 1 amide bonds. The Balaban J connectivity index is 2.35. The van der Waals surface area contributed by atoms with Gasteiger partial charge in [0.15, 0.2) is 0 Å². The van der Waals surface area contributed by atoms with Crippen LogP contribution in [0.5, 0.6) is 5.75 Å². The van der Waals surface area contributed by atoms with Gasteiger partial charge in [-0.25, -0.2) is 0 Å². The predicted octanol–water partition coefficient (Wildman–Crippen LogP) is 3.00. The van der Waals surface area contributed by atoms with Crippen molar-refractivity contribution in [3.8, 4) is 5.75 Å². The number of carbonyl (C=O) groups is 1. The molecule has 0 aromatic heterocycles. The summed E-state index contributed by atoms with van der Waals surface area (Å²) in [6.45, 7) is 3.72. The lowest BCUT2D eigenvalue weighted by Gasteiger charge is -2.23. The first-order valence-electron chi connectivity index (χ1n) is 6.77. The highest BCUT2D eigenvalue weighted by Crippen LogP contribution is 2.30. The van der Waals surface area contributed by atoms with Gasteiger partial charge < -0.3 is 16.2 Å². The van der Waals surface area contributed by atoms with E-state index in [2.05, 4.69) is 5.32 Å². The van der Waals surface area contributed by atoms with Crippen molar-refractivity contribution in [2.45, 2.75) is 32.2 Å². The van der Waals surface area contributed by atoms with Gasteiger partial charge in [0.05, 0.1) is 5.54 Å². The molecule has 0 bridgehead atoms. The Kier molecular flexibility index (Phi) is 3.95. The topological polar surface area (TPSA) is 75.4 Å². The van der Waals surface area contributed by atoms with Gasteiger partial charge in [0.25, 0.3) is 0 Å². The Labute approximate surface area is 118 Å². The fraction of sp³-hybridized carbons (Fsp3) is 0.312. The molecule has 0 aliphatic rings. The molecule has 0 heterocycles.